The van der Waals surface area contributed by atoms with Crippen LogP contribution >= 0.6 is 11.3 Å². The van der Waals surface area contributed by atoms with Crippen molar-refractivity contribution in [1.82, 2.24) is 20.1 Å². The second-order valence-electron chi connectivity index (χ2n) is 8.53. The zero-order valence-electron chi connectivity index (χ0n) is 20.0. The van der Waals surface area contributed by atoms with Gasteiger partial charge in [0.1, 0.15) is 5.01 Å². The fourth-order valence-electron chi connectivity index (χ4n) is 4.11. The minimum absolute atomic E-state index is 0.0212. The molecule has 4 rings (SSSR count). The van der Waals surface area contributed by atoms with Crippen LogP contribution in [0.1, 0.15) is 17.3 Å². The van der Waals surface area contributed by atoms with E-state index in [1.165, 1.54) is 11.3 Å². The molecule has 0 spiro atoms. The monoisotopic (exact) mass is 480 g/mol. The molecule has 180 valence electrons. The number of carbonyl (C=O) groups is 1. The van der Waals surface area contributed by atoms with Crippen molar-refractivity contribution in [3.05, 3.63) is 65.2 Å². The highest BCUT2D eigenvalue weighted by molar-refractivity contribution is 7.13. The molecule has 1 aliphatic rings. The van der Waals surface area contributed by atoms with Crippen LogP contribution in [0.4, 0.5) is 0 Å². The second-order valence-corrected chi connectivity index (χ2v) is 9.38. The molecule has 2 heterocycles. The molecule has 1 N–H and O–H groups in total. The third kappa shape index (κ3) is 6.14. The molecule has 34 heavy (non-hydrogen) atoms. The molecule has 1 aliphatic heterocycles. The summed E-state index contributed by atoms with van der Waals surface area (Å²) in [5.41, 5.74) is 2.82. The highest BCUT2D eigenvalue weighted by atomic mass is 32.1. The normalized spacial score (nSPS) is 15.6. The Bertz CT molecular complexity index is 1080. The smallest absolute Gasteiger partial charge is 0.226 e. The van der Waals surface area contributed by atoms with Gasteiger partial charge in [-0.1, -0.05) is 30.3 Å². The second kappa shape index (κ2) is 11.5. The maximum absolute atomic E-state index is 13.0. The van der Waals surface area contributed by atoms with E-state index in [4.69, 9.17) is 14.5 Å². The Hall–Kier alpha value is -2.94. The molecule has 0 radical (unpaired) electrons. The summed E-state index contributed by atoms with van der Waals surface area (Å²) < 4.78 is 10.7. The van der Waals surface area contributed by atoms with E-state index in [1.807, 2.05) is 41.8 Å². The van der Waals surface area contributed by atoms with Crippen molar-refractivity contribution in [2.24, 2.45) is 0 Å². The van der Waals surface area contributed by atoms with Crippen molar-refractivity contribution in [2.45, 2.75) is 12.5 Å². The Morgan fingerprint density at radius 1 is 1.06 bits per heavy atom. The van der Waals surface area contributed by atoms with Crippen LogP contribution < -0.4 is 14.8 Å². The van der Waals surface area contributed by atoms with Gasteiger partial charge in [-0.3, -0.25) is 9.69 Å². The standard InChI is InChI=1S/C26H32N4O3S/c1-29-11-13-30(14-12-29)17-22(19-7-5-4-6-8-19)28-25(31)16-21-18-34-26(27-21)20-9-10-23(32-2)24(15-20)33-3/h4-10,15,18,22H,11-14,16-17H2,1-3H3,(H,28,31). The SMILES string of the molecule is COc1ccc(-c2nc(CC(=O)NC(CN3CCN(C)CC3)c3ccccc3)cs2)cc1OC. The van der Waals surface area contributed by atoms with Crippen LogP contribution in [0.5, 0.6) is 11.5 Å². The summed E-state index contributed by atoms with van der Waals surface area (Å²) in [4.78, 5) is 22.5. The first-order valence-electron chi connectivity index (χ1n) is 11.5. The molecule has 1 atom stereocenters. The van der Waals surface area contributed by atoms with Crippen LogP contribution in [0.25, 0.3) is 10.6 Å². The van der Waals surface area contributed by atoms with Crippen molar-refractivity contribution >= 4 is 17.2 Å². The van der Waals surface area contributed by atoms with Gasteiger partial charge >= 0.3 is 0 Å². The van der Waals surface area contributed by atoms with Crippen molar-refractivity contribution in [3.63, 3.8) is 0 Å². The number of hydrogen-bond acceptors (Lipinski definition) is 7. The van der Waals surface area contributed by atoms with E-state index in [-0.39, 0.29) is 18.4 Å². The highest BCUT2D eigenvalue weighted by Crippen LogP contribution is 2.33. The van der Waals surface area contributed by atoms with Crippen LogP contribution in [0.2, 0.25) is 0 Å². The Balaban J connectivity index is 1.42. The number of carbonyl (C=O) groups excluding carboxylic acids is 1. The number of methoxy groups -OCH3 is 2. The summed E-state index contributed by atoms with van der Waals surface area (Å²) in [7, 11) is 5.38. The fourth-order valence-corrected chi connectivity index (χ4v) is 4.92. The van der Waals surface area contributed by atoms with Gasteiger partial charge in [-0.15, -0.1) is 11.3 Å². The molecule has 0 aliphatic carbocycles. The maximum Gasteiger partial charge on any atom is 0.226 e. The van der Waals surface area contributed by atoms with E-state index in [2.05, 4.69) is 34.3 Å². The van der Waals surface area contributed by atoms with Crippen molar-refractivity contribution < 1.29 is 14.3 Å². The first-order valence-corrected chi connectivity index (χ1v) is 12.4. The average molecular weight is 481 g/mol. The Morgan fingerprint density at radius 3 is 2.50 bits per heavy atom. The minimum atomic E-state index is -0.0546. The van der Waals surface area contributed by atoms with Gasteiger partial charge in [-0.25, -0.2) is 4.98 Å². The topological polar surface area (TPSA) is 66.9 Å². The third-order valence-electron chi connectivity index (χ3n) is 6.10. The lowest BCUT2D eigenvalue weighted by Gasteiger charge is -2.35. The van der Waals surface area contributed by atoms with Gasteiger partial charge in [0.05, 0.1) is 32.4 Å². The molecular formula is C26H32N4O3S. The predicted octanol–water partition coefficient (Wildman–Crippen LogP) is 3.47. The quantitative estimate of drug-likeness (QED) is 0.506. The molecule has 1 fully saturated rings. The minimum Gasteiger partial charge on any atom is -0.493 e. The van der Waals surface area contributed by atoms with Gasteiger partial charge in [0.2, 0.25) is 5.91 Å². The number of rotatable bonds is 9. The Labute approximate surface area is 205 Å². The number of hydrogen-bond donors (Lipinski definition) is 1. The van der Waals surface area contributed by atoms with Crippen LogP contribution in [0.3, 0.4) is 0 Å². The lowest BCUT2D eigenvalue weighted by atomic mass is 10.1. The molecule has 1 aromatic heterocycles. The number of nitrogens with one attached hydrogen (secondary N) is 1. The summed E-state index contributed by atoms with van der Waals surface area (Å²) in [6, 6.07) is 15.9. The van der Waals surface area contributed by atoms with Gasteiger partial charge in [0.25, 0.3) is 0 Å². The molecule has 1 amide bonds. The molecule has 0 bridgehead atoms. The molecule has 1 saturated heterocycles. The van der Waals surface area contributed by atoms with E-state index < -0.39 is 0 Å². The highest BCUT2D eigenvalue weighted by Gasteiger charge is 2.22. The number of likely N-dealkylation sites (N-methyl/N-ethyl adjacent to an activating group) is 1. The van der Waals surface area contributed by atoms with E-state index >= 15 is 0 Å². The number of benzene rings is 2. The van der Waals surface area contributed by atoms with Crippen molar-refractivity contribution in [1.29, 1.82) is 0 Å². The number of thiazole rings is 1. The van der Waals surface area contributed by atoms with Crippen LogP contribution in [0.15, 0.2) is 53.9 Å². The zero-order valence-corrected chi connectivity index (χ0v) is 20.8. The summed E-state index contributed by atoms with van der Waals surface area (Å²) in [6.45, 7) is 4.92. The summed E-state index contributed by atoms with van der Waals surface area (Å²) in [5, 5.41) is 6.05. The van der Waals surface area contributed by atoms with E-state index in [0.717, 1.165) is 54.6 Å². The van der Waals surface area contributed by atoms with Gasteiger partial charge in [-0.2, -0.15) is 0 Å². The Kier molecular flexibility index (Phi) is 8.16. The van der Waals surface area contributed by atoms with Gasteiger partial charge in [0.15, 0.2) is 11.5 Å². The predicted molar refractivity (Wildman–Crippen MR) is 136 cm³/mol. The Morgan fingerprint density at radius 2 is 1.79 bits per heavy atom. The molecular weight excluding hydrogens is 448 g/mol. The van der Waals surface area contributed by atoms with Crippen LogP contribution in [-0.2, 0) is 11.2 Å². The first kappa shape index (κ1) is 24.2. The lowest BCUT2D eigenvalue weighted by molar-refractivity contribution is -0.121. The van der Waals surface area contributed by atoms with E-state index in [0.29, 0.717) is 11.5 Å². The molecule has 7 nitrogen and oxygen atoms in total. The number of aromatic nitrogens is 1. The van der Waals surface area contributed by atoms with Gasteiger partial charge in [-0.05, 0) is 30.8 Å². The first-order chi connectivity index (χ1) is 16.6. The molecule has 1 unspecified atom stereocenters. The van der Waals surface area contributed by atoms with Crippen LogP contribution in [-0.4, -0.2) is 74.7 Å². The molecule has 3 aromatic rings. The van der Waals surface area contributed by atoms with Gasteiger partial charge < -0.3 is 19.7 Å². The van der Waals surface area contributed by atoms with Crippen molar-refractivity contribution in [2.75, 3.05) is 54.0 Å². The maximum atomic E-state index is 13.0. The molecule has 0 saturated carbocycles. The third-order valence-corrected chi connectivity index (χ3v) is 7.04. The van der Waals surface area contributed by atoms with Crippen molar-refractivity contribution in [3.8, 4) is 22.1 Å². The number of amides is 1. The number of ether oxygens (including phenoxy) is 2. The van der Waals surface area contributed by atoms with E-state index in [9.17, 15) is 4.79 Å². The zero-order chi connectivity index (χ0) is 23.9. The molecule has 8 heteroatoms. The summed E-state index contributed by atoms with van der Waals surface area (Å²) >= 11 is 1.52. The fraction of sp³-hybridized carbons (Fsp3) is 0.385. The van der Waals surface area contributed by atoms with Gasteiger partial charge in [0, 0.05) is 43.7 Å². The lowest BCUT2D eigenvalue weighted by Crippen LogP contribution is -2.48. The summed E-state index contributed by atoms with van der Waals surface area (Å²) in [6.07, 6.45) is 0.246. The summed E-state index contributed by atoms with van der Waals surface area (Å²) in [5.74, 6) is 1.31. The number of nitrogens with zero attached hydrogens (tertiary/aromatic N) is 3. The largest absolute Gasteiger partial charge is 0.493 e. The van der Waals surface area contributed by atoms with Crippen LogP contribution in [0, 0.1) is 0 Å². The van der Waals surface area contributed by atoms with E-state index in [1.54, 1.807) is 14.2 Å². The number of piperazine rings is 1. The molecule has 2 aromatic carbocycles. The average Bonchev–Trinajstić information content (AvgIpc) is 3.33.